The first-order valence-electron chi connectivity index (χ1n) is 8.48. The van der Waals surface area contributed by atoms with Gasteiger partial charge in [0.25, 0.3) is 5.91 Å². The number of carbonyl (C=O) groups is 3. The van der Waals surface area contributed by atoms with Gasteiger partial charge in [0.1, 0.15) is 17.3 Å². The first-order valence-corrected chi connectivity index (χ1v) is 9.42. The molecule has 4 amide bonds. The molecule has 27 heavy (non-hydrogen) atoms. The number of urea groups is 1. The Morgan fingerprint density at radius 1 is 1.26 bits per heavy atom. The fraction of sp³-hybridized carbons (Fsp3) is 0.333. The van der Waals surface area contributed by atoms with Gasteiger partial charge in [0.2, 0.25) is 0 Å². The second-order valence-electron chi connectivity index (χ2n) is 6.16. The third-order valence-electron chi connectivity index (χ3n) is 4.17. The lowest BCUT2D eigenvalue weighted by Gasteiger charge is -2.24. The number of hydrogen-bond acceptors (Lipinski definition) is 4. The van der Waals surface area contributed by atoms with Gasteiger partial charge in [-0.3, -0.25) is 4.79 Å². The number of imide groups is 1. The van der Waals surface area contributed by atoms with E-state index in [4.69, 9.17) is 0 Å². The second-order valence-corrected chi connectivity index (χ2v) is 7.18. The molecule has 0 bridgehead atoms. The van der Waals surface area contributed by atoms with Crippen LogP contribution in [0.5, 0.6) is 0 Å². The predicted molar refractivity (Wildman–Crippen MR) is 97.7 cm³/mol. The Hall–Kier alpha value is -2.55. The first kappa shape index (κ1) is 19.2. The van der Waals surface area contributed by atoms with E-state index >= 15 is 0 Å². The maximum atomic E-state index is 13.3. The van der Waals surface area contributed by atoms with Crippen molar-refractivity contribution >= 4 is 41.0 Å². The molecule has 0 aromatic heterocycles. The minimum Gasteiger partial charge on any atom is -0.322 e. The Kier molecular flexibility index (Phi) is 5.69. The van der Waals surface area contributed by atoms with Gasteiger partial charge in [-0.25, -0.2) is 13.6 Å². The lowest BCUT2D eigenvalue weighted by Crippen LogP contribution is -2.56. The Morgan fingerprint density at radius 2 is 1.96 bits per heavy atom. The molecule has 2 aliphatic heterocycles. The molecule has 6 nitrogen and oxygen atoms in total. The molecule has 142 valence electrons. The molecular weight excluding hydrogens is 376 g/mol. The number of anilines is 1. The van der Waals surface area contributed by atoms with E-state index in [0.717, 1.165) is 23.5 Å². The van der Waals surface area contributed by atoms with Gasteiger partial charge in [-0.1, -0.05) is 13.3 Å². The van der Waals surface area contributed by atoms with Crippen molar-refractivity contribution in [1.29, 1.82) is 0 Å². The summed E-state index contributed by atoms with van der Waals surface area (Å²) in [6, 6.07) is 2.10. The maximum Gasteiger partial charge on any atom is 0.501 e. The number of carbonyl (C=O) groups excluding carboxylic acids is 3. The maximum absolute atomic E-state index is 13.3. The molecule has 0 saturated carbocycles. The average Bonchev–Trinajstić information content (AvgIpc) is 3.07. The SMILES string of the molecule is CCCCN1C(=O)C2SC=CC2=[N+](CC(=O)Nc2cc(F)cc(F)c2)C1=O. The summed E-state index contributed by atoms with van der Waals surface area (Å²) >= 11 is 1.28. The normalized spacial score (nSPS) is 18.9. The highest BCUT2D eigenvalue weighted by Crippen LogP contribution is 2.28. The van der Waals surface area contributed by atoms with E-state index < -0.39 is 28.8 Å². The van der Waals surface area contributed by atoms with Gasteiger partial charge in [-0.2, -0.15) is 14.3 Å². The number of allylic oxidation sites excluding steroid dienone is 1. The molecule has 0 aliphatic carbocycles. The molecule has 1 aromatic rings. The molecule has 1 unspecified atom stereocenters. The minimum absolute atomic E-state index is 0.0428. The highest BCUT2D eigenvalue weighted by molar-refractivity contribution is 8.04. The third kappa shape index (κ3) is 4.08. The molecule has 2 aliphatic rings. The number of nitrogens with one attached hydrogen (secondary N) is 1. The van der Waals surface area contributed by atoms with Crippen molar-refractivity contribution in [3.63, 3.8) is 0 Å². The van der Waals surface area contributed by atoms with Crippen molar-refractivity contribution in [2.45, 2.75) is 25.0 Å². The number of hydrogen-bond donors (Lipinski definition) is 1. The summed E-state index contributed by atoms with van der Waals surface area (Å²) in [4.78, 5) is 38.8. The van der Waals surface area contributed by atoms with Crippen LogP contribution in [-0.4, -0.2) is 51.4 Å². The predicted octanol–water partition coefficient (Wildman–Crippen LogP) is 2.75. The van der Waals surface area contributed by atoms with Gasteiger partial charge >= 0.3 is 11.9 Å². The van der Waals surface area contributed by atoms with Gasteiger partial charge < -0.3 is 5.32 Å². The van der Waals surface area contributed by atoms with E-state index in [9.17, 15) is 23.2 Å². The summed E-state index contributed by atoms with van der Waals surface area (Å²) in [6.45, 7) is 1.88. The Labute approximate surface area is 158 Å². The van der Waals surface area contributed by atoms with Crippen LogP contribution in [0.1, 0.15) is 19.8 Å². The van der Waals surface area contributed by atoms with Gasteiger partial charge in [-0.05, 0) is 30.0 Å². The molecule has 1 atom stereocenters. The van der Waals surface area contributed by atoms with Crippen LogP contribution < -0.4 is 5.32 Å². The zero-order valence-corrected chi connectivity index (χ0v) is 15.4. The topological polar surface area (TPSA) is 69.5 Å². The van der Waals surface area contributed by atoms with Crippen molar-refractivity contribution in [3.05, 3.63) is 41.3 Å². The van der Waals surface area contributed by atoms with Gasteiger partial charge in [0.05, 0.1) is 6.54 Å². The number of rotatable bonds is 6. The van der Waals surface area contributed by atoms with E-state index in [0.29, 0.717) is 18.2 Å². The molecule has 1 N–H and O–H groups in total. The number of amides is 4. The van der Waals surface area contributed by atoms with Crippen molar-refractivity contribution < 1.29 is 27.7 Å². The van der Waals surface area contributed by atoms with Crippen LogP contribution in [0.3, 0.4) is 0 Å². The third-order valence-corrected chi connectivity index (χ3v) is 5.18. The van der Waals surface area contributed by atoms with Gasteiger partial charge in [0.15, 0.2) is 11.8 Å². The summed E-state index contributed by atoms with van der Waals surface area (Å²) in [5.74, 6) is -2.54. The van der Waals surface area contributed by atoms with Crippen molar-refractivity contribution in [3.8, 4) is 0 Å². The van der Waals surface area contributed by atoms with E-state index in [1.165, 1.54) is 16.3 Å². The molecule has 0 spiro atoms. The summed E-state index contributed by atoms with van der Waals surface area (Å²) in [7, 11) is 0. The number of halogens is 2. The van der Waals surface area contributed by atoms with Gasteiger partial charge in [0, 0.05) is 11.8 Å². The van der Waals surface area contributed by atoms with E-state index in [2.05, 4.69) is 5.32 Å². The molecule has 3 rings (SSSR count). The molecule has 1 aromatic carbocycles. The van der Waals surface area contributed by atoms with Crippen molar-refractivity contribution in [2.75, 3.05) is 18.4 Å². The fourth-order valence-electron chi connectivity index (χ4n) is 2.90. The van der Waals surface area contributed by atoms with Crippen LogP contribution in [-0.2, 0) is 9.59 Å². The lowest BCUT2D eigenvalue weighted by atomic mass is 10.1. The van der Waals surface area contributed by atoms with E-state index in [1.807, 2.05) is 6.92 Å². The highest BCUT2D eigenvalue weighted by Gasteiger charge is 2.49. The number of thioether (sulfide) groups is 1. The van der Waals surface area contributed by atoms with Crippen LogP contribution in [0.4, 0.5) is 19.3 Å². The van der Waals surface area contributed by atoms with Crippen molar-refractivity contribution in [2.24, 2.45) is 0 Å². The zero-order valence-electron chi connectivity index (χ0n) is 14.6. The molecule has 0 radical (unpaired) electrons. The van der Waals surface area contributed by atoms with E-state index in [1.54, 1.807) is 11.5 Å². The molecule has 0 saturated heterocycles. The van der Waals surface area contributed by atoms with Crippen molar-refractivity contribution in [1.82, 2.24) is 4.90 Å². The number of fused-ring (bicyclic) bond motifs is 1. The lowest BCUT2D eigenvalue weighted by molar-refractivity contribution is -0.425. The summed E-state index contributed by atoms with van der Waals surface area (Å²) < 4.78 is 27.8. The molecule has 9 heteroatoms. The molecule has 2 heterocycles. The Morgan fingerprint density at radius 3 is 2.63 bits per heavy atom. The Bertz CT molecular complexity index is 849. The van der Waals surface area contributed by atoms with Crippen LogP contribution >= 0.6 is 11.8 Å². The Balaban J connectivity index is 1.81. The van der Waals surface area contributed by atoms with Crippen LogP contribution in [0, 0.1) is 11.6 Å². The minimum atomic E-state index is -0.819. The standard InChI is InChI=1S/C18H17F2N3O3S/c1-2-3-5-22-17(25)16-14(4-6-27-16)23(18(22)26)10-15(24)21-13-8-11(19)7-12(20)9-13/h4,6-9,16H,2-3,5,10H2,1H3/p+1. The van der Waals surface area contributed by atoms with Crippen LogP contribution in [0.25, 0.3) is 0 Å². The first-order chi connectivity index (χ1) is 12.9. The number of unbranched alkanes of at least 4 members (excludes halogenated alkanes) is 1. The summed E-state index contributed by atoms with van der Waals surface area (Å²) in [5, 5.41) is 3.53. The smallest absolute Gasteiger partial charge is 0.322 e. The second kappa shape index (κ2) is 7.99. The van der Waals surface area contributed by atoms with Gasteiger partial charge in [-0.15, -0.1) is 11.8 Å². The average molecular weight is 394 g/mol. The van der Waals surface area contributed by atoms with Crippen LogP contribution in [0.15, 0.2) is 29.7 Å². The quantitative estimate of drug-likeness (QED) is 0.754. The highest BCUT2D eigenvalue weighted by atomic mass is 32.2. The number of nitrogens with zero attached hydrogens (tertiary/aromatic N) is 2. The summed E-state index contributed by atoms with van der Waals surface area (Å²) in [5.41, 5.74) is 0.405. The molecule has 0 fully saturated rings. The van der Waals surface area contributed by atoms with E-state index in [-0.39, 0.29) is 24.7 Å². The zero-order chi connectivity index (χ0) is 19.6. The monoisotopic (exact) mass is 394 g/mol. The van der Waals surface area contributed by atoms with Crippen LogP contribution in [0.2, 0.25) is 0 Å². The molecular formula is C18H18F2N3O3S+. The fourth-order valence-corrected chi connectivity index (χ4v) is 3.87. The summed E-state index contributed by atoms with van der Waals surface area (Å²) in [6.07, 6.45) is 3.12. The largest absolute Gasteiger partial charge is 0.501 e. The number of benzene rings is 1.